The van der Waals surface area contributed by atoms with Gasteiger partial charge in [-0.25, -0.2) is 0 Å². The third kappa shape index (κ3) is 4.80. The minimum Gasteiger partial charge on any atom is -0.297 e. The molecule has 0 fully saturated rings. The Morgan fingerprint density at radius 1 is 1.14 bits per heavy atom. The van der Waals surface area contributed by atoms with Gasteiger partial charge in [0, 0.05) is 31.3 Å². The van der Waals surface area contributed by atoms with Gasteiger partial charge in [0.25, 0.3) is 0 Å². The predicted molar refractivity (Wildman–Crippen MR) is 85.3 cm³/mol. The first-order valence-electron chi connectivity index (χ1n) is 7.41. The summed E-state index contributed by atoms with van der Waals surface area (Å²) in [4.78, 5) is 18.8. The van der Waals surface area contributed by atoms with Crippen LogP contribution in [0.25, 0.3) is 0 Å². The summed E-state index contributed by atoms with van der Waals surface area (Å²) >= 11 is 0. The van der Waals surface area contributed by atoms with Crippen molar-refractivity contribution in [3.8, 4) is 0 Å². The number of ketones is 1. The van der Waals surface area contributed by atoms with Gasteiger partial charge in [0.1, 0.15) is 0 Å². The van der Waals surface area contributed by atoms with Gasteiger partial charge in [-0.05, 0) is 25.6 Å². The van der Waals surface area contributed by atoms with Gasteiger partial charge in [-0.2, -0.15) is 0 Å². The molecule has 0 aliphatic heterocycles. The lowest BCUT2D eigenvalue weighted by molar-refractivity contribution is 0.0963. The van der Waals surface area contributed by atoms with Crippen LogP contribution in [0.15, 0.2) is 48.7 Å². The molecule has 110 valence electrons. The molecule has 0 atom stereocenters. The van der Waals surface area contributed by atoms with Crippen molar-refractivity contribution in [1.82, 2.24) is 9.88 Å². The van der Waals surface area contributed by atoms with E-state index in [0.717, 1.165) is 30.9 Å². The van der Waals surface area contributed by atoms with Crippen molar-refractivity contribution in [2.45, 2.75) is 26.8 Å². The zero-order valence-electron chi connectivity index (χ0n) is 12.7. The van der Waals surface area contributed by atoms with Crippen LogP contribution in [0.4, 0.5) is 0 Å². The molecule has 0 unspecified atom stereocenters. The maximum absolute atomic E-state index is 12.2. The van der Waals surface area contributed by atoms with Crippen LogP contribution >= 0.6 is 0 Å². The van der Waals surface area contributed by atoms with Gasteiger partial charge in [0.2, 0.25) is 0 Å². The number of rotatable bonds is 7. The van der Waals surface area contributed by atoms with Crippen LogP contribution in [0.3, 0.4) is 0 Å². The second kappa shape index (κ2) is 7.70. The molecule has 0 saturated heterocycles. The lowest BCUT2D eigenvalue weighted by atomic mass is 10.1. The molecule has 1 heterocycles. The Kier molecular flexibility index (Phi) is 5.64. The number of nitrogens with zero attached hydrogens (tertiary/aromatic N) is 2. The van der Waals surface area contributed by atoms with E-state index in [1.54, 1.807) is 6.20 Å². The first-order valence-corrected chi connectivity index (χ1v) is 7.41. The van der Waals surface area contributed by atoms with Crippen molar-refractivity contribution >= 4 is 5.78 Å². The summed E-state index contributed by atoms with van der Waals surface area (Å²) in [6.45, 7) is 6.61. The molecule has 0 aliphatic carbocycles. The van der Waals surface area contributed by atoms with E-state index in [9.17, 15) is 4.79 Å². The number of Topliss-reactive ketones (excluding diaryl/α,β-unsaturated/α-hetero) is 1. The largest absolute Gasteiger partial charge is 0.297 e. The Hall–Kier alpha value is -2.00. The monoisotopic (exact) mass is 282 g/mol. The Balaban J connectivity index is 1.88. The Labute approximate surface area is 126 Å². The molecule has 3 nitrogen and oxygen atoms in total. The van der Waals surface area contributed by atoms with Gasteiger partial charge in [0.05, 0.1) is 5.69 Å². The summed E-state index contributed by atoms with van der Waals surface area (Å²) < 4.78 is 0. The summed E-state index contributed by atoms with van der Waals surface area (Å²) in [7, 11) is 0. The number of benzene rings is 1. The van der Waals surface area contributed by atoms with E-state index in [4.69, 9.17) is 0 Å². The molecule has 0 amide bonds. The lowest BCUT2D eigenvalue weighted by Gasteiger charge is -2.19. The molecular weight excluding hydrogens is 260 g/mol. The third-order valence-corrected chi connectivity index (χ3v) is 3.59. The van der Waals surface area contributed by atoms with E-state index in [1.807, 2.05) is 49.4 Å². The van der Waals surface area contributed by atoms with Crippen LogP contribution in [0, 0.1) is 6.92 Å². The maximum atomic E-state index is 12.2. The second-order valence-electron chi connectivity index (χ2n) is 5.23. The molecule has 3 heteroatoms. The van der Waals surface area contributed by atoms with Crippen molar-refractivity contribution in [3.63, 3.8) is 0 Å². The van der Waals surface area contributed by atoms with Gasteiger partial charge < -0.3 is 0 Å². The predicted octanol–water partition coefficient (Wildman–Crippen LogP) is 3.48. The SMILES string of the molecule is CCN(CCC(=O)c1ccc(C)cc1)Cc1ccccn1. The zero-order chi connectivity index (χ0) is 15.1. The molecule has 2 aromatic rings. The van der Waals surface area contributed by atoms with E-state index < -0.39 is 0 Å². The number of carbonyl (C=O) groups is 1. The number of hydrogen-bond acceptors (Lipinski definition) is 3. The highest BCUT2D eigenvalue weighted by Crippen LogP contribution is 2.08. The van der Waals surface area contributed by atoms with Crippen LogP contribution in [0.5, 0.6) is 0 Å². The minimum absolute atomic E-state index is 0.203. The van der Waals surface area contributed by atoms with Crippen LogP contribution in [0.1, 0.15) is 35.0 Å². The number of carbonyl (C=O) groups excluding carboxylic acids is 1. The van der Waals surface area contributed by atoms with Crippen LogP contribution in [-0.2, 0) is 6.54 Å². The molecule has 1 aromatic carbocycles. The zero-order valence-corrected chi connectivity index (χ0v) is 12.7. The van der Waals surface area contributed by atoms with Crippen LogP contribution in [-0.4, -0.2) is 28.8 Å². The molecule has 0 radical (unpaired) electrons. The van der Waals surface area contributed by atoms with Crippen molar-refractivity contribution in [1.29, 1.82) is 0 Å². The minimum atomic E-state index is 0.203. The molecule has 2 rings (SSSR count). The van der Waals surface area contributed by atoms with Crippen molar-refractivity contribution < 1.29 is 4.79 Å². The number of aryl methyl sites for hydroxylation is 1. The summed E-state index contributed by atoms with van der Waals surface area (Å²) in [6.07, 6.45) is 2.35. The molecule has 0 bridgehead atoms. The van der Waals surface area contributed by atoms with E-state index in [-0.39, 0.29) is 5.78 Å². The summed E-state index contributed by atoms with van der Waals surface area (Å²) in [6, 6.07) is 13.7. The van der Waals surface area contributed by atoms with Crippen molar-refractivity contribution in [2.75, 3.05) is 13.1 Å². The fourth-order valence-corrected chi connectivity index (χ4v) is 2.21. The molecule has 21 heavy (non-hydrogen) atoms. The average molecular weight is 282 g/mol. The Morgan fingerprint density at radius 2 is 1.90 bits per heavy atom. The lowest BCUT2D eigenvalue weighted by Crippen LogP contribution is -2.26. The van der Waals surface area contributed by atoms with E-state index in [1.165, 1.54) is 5.56 Å². The van der Waals surface area contributed by atoms with E-state index in [0.29, 0.717) is 6.42 Å². The Morgan fingerprint density at radius 3 is 2.52 bits per heavy atom. The molecular formula is C18H22N2O. The summed E-state index contributed by atoms with van der Waals surface area (Å²) in [5.74, 6) is 0.203. The smallest absolute Gasteiger partial charge is 0.164 e. The van der Waals surface area contributed by atoms with Gasteiger partial charge in [-0.1, -0.05) is 42.8 Å². The van der Waals surface area contributed by atoms with Gasteiger partial charge in [-0.15, -0.1) is 0 Å². The molecule has 0 saturated carbocycles. The highest BCUT2D eigenvalue weighted by molar-refractivity contribution is 5.96. The highest BCUT2D eigenvalue weighted by atomic mass is 16.1. The number of pyridine rings is 1. The molecule has 0 N–H and O–H groups in total. The molecule has 1 aromatic heterocycles. The highest BCUT2D eigenvalue weighted by Gasteiger charge is 2.09. The first-order chi connectivity index (χ1) is 10.2. The summed E-state index contributed by atoms with van der Waals surface area (Å²) in [5, 5.41) is 0. The third-order valence-electron chi connectivity index (χ3n) is 3.59. The molecule has 0 spiro atoms. The van der Waals surface area contributed by atoms with Crippen molar-refractivity contribution in [2.24, 2.45) is 0 Å². The van der Waals surface area contributed by atoms with Crippen LogP contribution < -0.4 is 0 Å². The van der Waals surface area contributed by atoms with E-state index in [2.05, 4.69) is 16.8 Å². The normalized spacial score (nSPS) is 10.8. The fraction of sp³-hybridized carbons (Fsp3) is 0.333. The fourth-order valence-electron chi connectivity index (χ4n) is 2.21. The standard InChI is InChI=1S/C18H22N2O/c1-3-20(14-17-6-4-5-12-19-17)13-11-18(21)16-9-7-15(2)8-10-16/h4-10,12H,3,11,13-14H2,1-2H3. The van der Waals surface area contributed by atoms with Crippen LogP contribution in [0.2, 0.25) is 0 Å². The number of hydrogen-bond donors (Lipinski definition) is 0. The van der Waals surface area contributed by atoms with E-state index >= 15 is 0 Å². The average Bonchev–Trinajstić information content (AvgIpc) is 2.52. The number of aromatic nitrogens is 1. The van der Waals surface area contributed by atoms with Crippen molar-refractivity contribution in [3.05, 3.63) is 65.5 Å². The Bertz CT molecular complexity index is 564. The quantitative estimate of drug-likeness (QED) is 0.729. The summed E-state index contributed by atoms with van der Waals surface area (Å²) in [5.41, 5.74) is 3.02. The first kappa shape index (κ1) is 15.4. The maximum Gasteiger partial charge on any atom is 0.164 e. The van der Waals surface area contributed by atoms with Gasteiger partial charge in [0.15, 0.2) is 5.78 Å². The van der Waals surface area contributed by atoms with Gasteiger partial charge in [-0.3, -0.25) is 14.7 Å². The second-order valence-corrected chi connectivity index (χ2v) is 5.23. The topological polar surface area (TPSA) is 33.2 Å². The molecule has 0 aliphatic rings. The van der Waals surface area contributed by atoms with Gasteiger partial charge >= 0.3 is 0 Å².